The molecule has 0 aromatic heterocycles. The molecule has 0 radical (unpaired) electrons. The largest absolute Gasteiger partial charge is 0.507 e. The normalized spacial score (nSPS) is 12.9. The third-order valence-electron chi connectivity index (χ3n) is 2.56. The minimum atomic E-state index is -5.69. The fraction of sp³-hybridized carbons (Fsp3) is 0.167. The van der Waals surface area contributed by atoms with Crippen molar-refractivity contribution in [3.05, 3.63) is 42.0 Å². The van der Waals surface area contributed by atoms with Crippen molar-refractivity contribution in [2.75, 3.05) is 0 Å². The van der Waals surface area contributed by atoms with Gasteiger partial charge in [0.15, 0.2) is 0 Å². The summed E-state index contributed by atoms with van der Waals surface area (Å²) in [6.07, 6.45) is -5.69. The maximum atomic E-state index is 13.1. The molecule has 1 nitrogen and oxygen atoms in total. The lowest BCUT2D eigenvalue weighted by Gasteiger charge is -2.20. The first-order chi connectivity index (χ1) is 8.23. The van der Waals surface area contributed by atoms with E-state index in [2.05, 4.69) is 0 Å². The Morgan fingerprint density at radius 3 is 2.11 bits per heavy atom. The zero-order valence-corrected chi connectivity index (χ0v) is 8.80. The van der Waals surface area contributed by atoms with Crippen LogP contribution in [0.2, 0.25) is 0 Å². The van der Waals surface area contributed by atoms with Gasteiger partial charge < -0.3 is 5.11 Å². The maximum Gasteiger partial charge on any atom is 0.458 e. The number of phenols is 1. The van der Waals surface area contributed by atoms with Crippen LogP contribution in [0.15, 0.2) is 36.4 Å². The SMILES string of the molecule is Oc1cc(C(F)(F)C(F)(F)F)cc2ccccc12. The fourth-order valence-corrected chi connectivity index (χ4v) is 1.64. The van der Waals surface area contributed by atoms with Gasteiger partial charge >= 0.3 is 12.1 Å². The summed E-state index contributed by atoms with van der Waals surface area (Å²) in [5.74, 6) is -5.60. The average Bonchev–Trinajstić information content (AvgIpc) is 2.27. The van der Waals surface area contributed by atoms with E-state index in [0.29, 0.717) is 6.07 Å². The second kappa shape index (κ2) is 3.83. The molecule has 0 unspecified atom stereocenters. The minimum absolute atomic E-state index is 0.122. The van der Waals surface area contributed by atoms with Crippen LogP contribution in [-0.4, -0.2) is 11.3 Å². The van der Waals surface area contributed by atoms with Crippen LogP contribution in [0.25, 0.3) is 10.8 Å². The van der Waals surface area contributed by atoms with Gasteiger partial charge in [0.2, 0.25) is 0 Å². The predicted molar refractivity (Wildman–Crippen MR) is 55.6 cm³/mol. The molecule has 2 rings (SSSR count). The van der Waals surface area contributed by atoms with E-state index in [-0.39, 0.29) is 10.8 Å². The molecule has 0 aliphatic carbocycles. The number of alkyl halides is 5. The first-order valence-corrected chi connectivity index (χ1v) is 4.90. The van der Waals surface area contributed by atoms with E-state index in [1.54, 1.807) is 6.07 Å². The summed E-state index contributed by atoms with van der Waals surface area (Å²) in [5, 5.41) is 9.82. The molecule has 0 heterocycles. The number of benzene rings is 2. The Kier molecular flexibility index (Phi) is 2.68. The molecule has 0 aliphatic rings. The zero-order valence-electron chi connectivity index (χ0n) is 8.80. The fourth-order valence-electron chi connectivity index (χ4n) is 1.64. The van der Waals surface area contributed by atoms with Gasteiger partial charge in [0, 0.05) is 10.9 Å². The highest BCUT2D eigenvalue weighted by molar-refractivity contribution is 5.88. The van der Waals surface area contributed by atoms with E-state index in [9.17, 15) is 27.1 Å². The molecule has 96 valence electrons. The lowest BCUT2D eigenvalue weighted by Crippen LogP contribution is -2.33. The highest BCUT2D eigenvalue weighted by Crippen LogP contribution is 2.45. The monoisotopic (exact) mass is 262 g/mol. The van der Waals surface area contributed by atoms with Gasteiger partial charge in [-0.15, -0.1) is 0 Å². The van der Waals surface area contributed by atoms with Crippen molar-refractivity contribution >= 4 is 10.8 Å². The van der Waals surface area contributed by atoms with Gasteiger partial charge in [0.1, 0.15) is 5.75 Å². The molecule has 0 atom stereocenters. The van der Waals surface area contributed by atoms with Gasteiger partial charge in [-0.05, 0) is 17.5 Å². The average molecular weight is 262 g/mol. The molecular formula is C12H7F5O. The molecule has 2 aromatic carbocycles. The standard InChI is InChI=1S/C12H7F5O/c13-11(14,12(15,16)17)8-5-7-3-1-2-4-9(7)10(18)6-8/h1-6,18H. The second-order valence-corrected chi connectivity index (χ2v) is 3.79. The summed E-state index contributed by atoms with van der Waals surface area (Å²) in [6, 6.07) is 6.98. The summed E-state index contributed by atoms with van der Waals surface area (Å²) in [7, 11) is 0. The van der Waals surface area contributed by atoms with Crippen molar-refractivity contribution in [1.82, 2.24) is 0 Å². The van der Waals surface area contributed by atoms with Gasteiger partial charge in [-0.3, -0.25) is 0 Å². The summed E-state index contributed by atoms with van der Waals surface area (Å²) in [6.45, 7) is 0. The van der Waals surface area contributed by atoms with E-state index in [0.717, 1.165) is 6.07 Å². The van der Waals surface area contributed by atoms with Crippen molar-refractivity contribution in [3.63, 3.8) is 0 Å². The Morgan fingerprint density at radius 2 is 1.50 bits per heavy atom. The molecule has 0 saturated heterocycles. The number of fused-ring (bicyclic) bond motifs is 1. The molecule has 2 aromatic rings. The molecular weight excluding hydrogens is 255 g/mol. The van der Waals surface area contributed by atoms with Crippen molar-refractivity contribution < 1.29 is 27.1 Å². The number of halogens is 5. The Labute approximate surface area is 98.5 Å². The zero-order chi connectivity index (χ0) is 13.6. The second-order valence-electron chi connectivity index (χ2n) is 3.79. The Balaban J connectivity index is 2.67. The van der Waals surface area contributed by atoms with E-state index >= 15 is 0 Å². The third kappa shape index (κ3) is 1.87. The van der Waals surface area contributed by atoms with Crippen molar-refractivity contribution in [2.45, 2.75) is 12.1 Å². The number of hydrogen-bond acceptors (Lipinski definition) is 1. The molecule has 0 fully saturated rings. The lowest BCUT2D eigenvalue weighted by molar-refractivity contribution is -0.289. The molecule has 0 saturated carbocycles. The van der Waals surface area contributed by atoms with E-state index in [4.69, 9.17) is 0 Å². The van der Waals surface area contributed by atoms with E-state index in [1.807, 2.05) is 0 Å². The minimum Gasteiger partial charge on any atom is -0.507 e. The van der Waals surface area contributed by atoms with Crippen molar-refractivity contribution in [3.8, 4) is 5.75 Å². The quantitative estimate of drug-likeness (QED) is 0.763. The number of phenolic OH excluding ortho intramolecular Hbond substituents is 1. The molecule has 6 heteroatoms. The summed E-state index contributed by atoms with van der Waals surface area (Å²) >= 11 is 0. The van der Waals surface area contributed by atoms with Gasteiger partial charge in [-0.1, -0.05) is 24.3 Å². The van der Waals surface area contributed by atoms with Crippen LogP contribution in [0, 0.1) is 0 Å². The van der Waals surface area contributed by atoms with Gasteiger partial charge in [0.05, 0.1) is 0 Å². The Hall–Kier alpha value is -1.85. The van der Waals surface area contributed by atoms with Crippen LogP contribution in [-0.2, 0) is 5.92 Å². The van der Waals surface area contributed by atoms with Crippen LogP contribution >= 0.6 is 0 Å². The van der Waals surface area contributed by atoms with Crippen LogP contribution in [0.5, 0.6) is 5.75 Å². The highest BCUT2D eigenvalue weighted by Gasteiger charge is 2.58. The van der Waals surface area contributed by atoms with Crippen molar-refractivity contribution in [1.29, 1.82) is 0 Å². The first-order valence-electron chi connectivity index (χ1n) is 4.90. The summed E-state index contributed by atoms with van der Waals surface area (Å²) in [5.41, 5.74) is -1.27. The smallest absolute Gasteiger partial charge is 0.458 e. The summed E-state index contributed by atoms with van der Waals surface area (Å²) in [4.78, 5) is 0. The van der Waals surface area contributed by atoms with E-state index in [1.165, 1.54) is 18.2 Å². The molecule has 0 bridgehead atoms. The third-order valence-corrected chi connectivity index (χ3v) is 2.56. The molecule has 0 aliphatic heterocycles. The number of rotatable bonds is 1. The Morgan fingerprint density at radius 1 is 0.889 bits per heavy atom. The van der Waals surface area contributed by atoms with Crippen LogP contribution in [0.4, 0.5) is 22.0 Å². The number of aromatic hydroxyl groups is 1. The topological polar surface area (TPSA) is 20.2 Å². The molecule has 0 amide bonds. The van der Waals surface area contributed by atoms with Gasteiger partial charge in [-0.2, -0.15) is 22.0 Å². The van der Waals surface area contributed by atoms with E-state index < -0.39 is 23.4 Å². The molecule has 18 heavy (non-hydrogen) atoms. The number of hydrogen-bond donors (Lipinski definition) is 1. The van der Waals surface area contributed by atoms with Crippen LogP contribution in [0.3, 0.4) is 0 Å². The van der Waals surface area contributed by atoms with Crippen molar-refractivity contribution in [2.24, 2.45) is 0 Å². The molecule has 0 spiro atoms. The Bertz CT molecular complexity index is 589. The van der Waals surface area contributed by atoms with Gasteiger partial charge in [0.25, 0.3) is 0 Å². The predicted octanol–water partition coefficient (Wildman–Crippen LogP) is 4.20. The summed E-state index contributed by atoms with van der Waals surface area (Å²) < 4.78 is 62.9. The maximum absolute atomic E-state index is 13.1. The van der Waals surface area contributed by atoms with Crippen LogP contribution < -0.4 is 0 Å². The first kappa shape index (κ1) is 12.6. The van der Waals surface area contributed by atoms with Crippen LogP contribution in [0.1, 0.15) is 5.56 Å². The lowest BCUT2D eigenvalue weighted by atomic mass is 10.0. The highest BCUT2D eigenvalue weighted by atomic mass is 19.4. The molecule has 1 N–H and O–H groups in total. The van der Waals surface area contributed by atoms with Gasteiger partial charge in [-0.25, -0.2) is 0 Å².